The minimum Gasteiger partial charge on any atom is -0.344 e. The second-order valence-electron chi connectivity index (χ2n) is 2.31. The molecule has 0 aliphatic carbocycles. The maximum atomic E-state index is 2.23. The first-order valence-corrected chi connectivity index (χ1v) is 3.06. The lowest BCUT2D eigenvalue weighted by atomic mass is 10.1. The highest BCUT2D eigenvalue weighted by Gasteiger charge is 1.89. The van der Waals surface area contributed by atoms with E-state index in [0.717, 1.165) is 0 Å². The molecule has 8 heavy (non-hydrogen) atoms. The minimum atomic E-state index is 0. The lowest BCUT2D eigenvalue weighted by molar-refractivity contribution is 0.729. The summed E-state index contributed by atoms with van der Waals surface area (Å²) in [5.41, 5.74) is 0. The zero-order valence-corrected chi connectivity index (χ0v) is 6.33. The Hall–Kier alpha value is -0.0400. The number of hydrogen-bond donors (Lipinski definition) is 1. The van der Waals surface area contributed by atoms with Crippen molar-refractivity contribution in [2.24, 2.45) is 0 Å². The highest BCUT2D eigenvalue weighted by Crippen LogP contribution is 2.06. The van der Waals surface area contributed by atoms with Crippen molar-refractivity contribution < 1.29 is 0 Å². The van der Waals surface area contributed by atoms with Crippen molar-refractivity contribution in [2.75, 3.05) is 0 Å². The Morgan fingerprint density at radius 2 is 1.75 bits per heavy atom. The SMILES string of the molecule is CCCC[C](C)C.N. The molecular weight excluding hydrogens is 98.1 g/mol. The quantitative estimate of drug-likeness (QED) is 0.604. The summed E-state index contributed by atoms with van der Waals surface area (Å²) in [7, 11) is 0. The third-order valence-electron chi connectivity index (χ3n) is 1.03. The summed E-state index contributed by atoms with van der Waals surface area (Å²) in [4.78, 5) is 0. The molecule has 0 aliphatic heterocycles. The first kappa shape index (κ1) is 10.9. The normalized spacial score (nSPS) is 9.00. The third-order valence-corrected chi connectivity index (χ3v) is 1.03. The van der Waals surface area contributed by atoms with Crippen LogP contribution in [0.25, 0.3) is 0 Å². The smallest absolute Gasteiger partial charge is 0.0303 e. The van der Waals surface area contributed by atoms with E-state index in [1.54, 1.807) is 5.92 Å². The van der Waals surface area contributed by atoms with Crippen molar-refractivity contribution in [1.29, 1.82) is 0 Å². The van der Waals surface area contributed by atoms with Gasteiger partial charge in [-0.15, -0.1) is 0 Å². The van der Waals surface area contributed by atoms with Crippen LogP contribution in [-0.2, 0) is 0 Å². The molecule has 0 heterocycles. The van der Waals surface area contributed by atoms with Crippen LogP contribution in [-0.4, -0.2) is 0 Å². The molecule has 0 saturated carbocycles. The van der Waals surface area contributed by atoms with Gasteiger partial charge in [0.25, 0.3) is 0 Å². The summed E-state index contributed by atoms with van der Waals surface area (Å²) in [6.07, 6.45) is 4.00. The molecule has 0 aromatic heterocycles. The van der Waals surface area contributed by atoms with Gasteiger partial charge in [0.1, 0.15) is 0 Å². The number of hydrogen-bond acceptors (Lipinski definition) is 1. The van der Waals surface area contributed by atoms with Crippen molar-refractivity contribution in [3.63, 3.8) is 0 Å². The standard InChI is InChI=1S/C7H15.H3N/c1-4-5-6-7(2)3;/h4-6H2,1-3H3;1H3. The maximum Gasteiger partial charge on any atom is -0.0303 e. The topological polar surface area (TPSA) is 35.0 Å². The summed E-state index contributed by atoms with van der Waals surface area (Å²) >= 11 is 0. The predicted octanol–water partition coefficient (Wildman–Crippen LogP) is 2.95. The third kappa shape index (κ3) is 9.35. The average Bonchev–Trinajstić information content (AvgIpc) is 1.61. The molecule has 0 fully saturated rings. The van der Waals surface area contributed by atoms with Crippen molar-refractivity contribution in [2.45, 2.75) is 40.0 Å². The molecule has 1 heteroatoms. The monoisotopic (exact) mass is 116 g/mol. The van der Waals surface area contributed by atoms with Gasteiger partial charge < -0.3 is 6.15 Å². The lowest BCUT2D eigenvalue weighted by Gasteiger charge is -1.98. The van der Waals surface area contributed by atoms with Crippen LogP contribution in [0.4, 0.5) is 0 Å². The molecule has 1 nitrogen and oxygen atoms in total. The maximum absolute atomic E-state index is 2.23. The predicted molar refractivity (Wildman–Crippen MR) is 39.1 cm³/mol. The van der Waals surface area contributed by atoms with E-state index in [-0.39, 0.29) is 6.15 Å². The zero-order valence-electron chi connectivity index (χ0n) is 6.33. The fourth-order valence-electron chi connectivity index (χ4n) is 0.530. The minimum absolute atomic E-state index is 0. The largest absolute Gasteiger partial charge is 0.344 e. The van der Waals surface area contributed by atoms with E-state index in [9.17, 15) is 0 Å². The Bertz CT molecular complexity index is 33.4. The molecule has 0 aliphatic rings. The van der Waals surface area contributed by atoms with Gasteiger partial charge in [0.05, 0.1) is 0 Å². The van der Waals surface area contributed by atoms with Crippen molar-refractivity contribution >= 4 is 0 Å². The van der Waals surface area contributed by atoms with Gasteiger partial charge in [-0.05, 0) is 12.3 Å². The van der Waals surface area contributed by atoms with Crippen LogP contribution in [0, 0.1) is 5.92 Å². The molecule has 1 radical (unpaired) electrons. The highest BCUT2D eigenvalue weighted by atomic mass is 14.0. The summed E-state index contributed by atoms with van der Waals surface area (Å²) in [6, 6.07) is 0. The van der Waals surface area contributed by atoms with Crippen LogP contribution < -0.4 is 6.15 Å². The fourth-order valence-corrected chi connectivity index (χ4v) is 0.530. The first-order chi connectivity index (χ1) is 3.27. The van der Waals surface area contributed by atoms with Crippen LogP contribution in [0.3, 0.4) is 0 Å². The van der Waals surface area contributed by atoms with E-state index in [1.165, 1.54) is 19.3 Å². The first-order valence-electron chi connectivity index (χ1n) is 3.06. The molecule has 0 amide bonds. The van der Waals surface area contributed by atoms with Crippen LogP contribution in [0.1, 0.15) is 40.0 Å². The van der Waals surface area contributed by atoms with E-state index >= 15 is 0 Å². The van der Waals surface area contributed by atoms with Crippen molar-refractivity contribution in [3.05, 3.63) is 5.92 Å². The van der Waals surface area contributed by atoms with Crippen molar-refractivity contribution in [3.8, 4) is 0 Å². The van der Waals surface area contributed by atoms with Crippen molar-refractivity contribution in [1.82, 2.24) is 6.15 Å². The zero-order chi connectivity index (χ0) is 5.70. The summed E-state index contributed by atoms with van der Waals surface area (Å²) in [6.45, 7) is 6.61. The summed E-state index contributed by atoms with van der Waals surface area (Å²) < 4.78 is 0. The summed E-state index contributed by atoms with van der Waals surface area (Å²) in [5.74, 6) is 1.56. The molecular formula is C7H18N. The molecule has 0 atom stereocenters. The Kier molecular flexibility index (Phi) is 9.44. The van der Waals surface area contributed by atoms with E-state index < -0.39 is 0 Å². The van der Waals surface area contributed by atoms with Crippen LogP contribution in [0.5, 0.6) is 0 Å². The molecule has 0 spiro atoms. The van der Waals surface area contributed by atoms with E-state index in [4.69, 9.17) is 0 Å². The van der Waals surface area contributed by atoms with Crippen LogP contribution in [0.2, 0.25) is 0 Å². The Balaban J connectivity index is 0. The highest BCUT2D eigenvalue weighted by molar-refractivity contribution is 4.75. The van der Waals surface area contributed by atoms with Gasteiger partial charge >= 0.3 is 0 Å². The number of rotatable bonds is 3. The van der Waals surface area contributed by atoms with E-state index in [2.05, 4.69) is 20.8 Å². The second-order valence-corrected chi connectivity index (χ2v) is 2.31. The summed E-state index contributed by atoms with van der Waals surface area (Å²) in [5, 5.41) is 0. The van der Waals surface area contributed by atoms with E-state index in [0.29, 0.717) is 0 Å². The molecule has 0 aromatic carbocycles. The Morgan fingerprint density at radius 1 is 1.25 bits per heavy atom. The van der Waals surface area contributed by atoms with Gasteiger partial charge in [-0.3, -0.25) is 0 Å². The van der Waals surface area contributed by atoms with Gasteiger partial charge in [-0.2, -0.15) is 0 Å². The van der Waals surface area contributed by atoms with Gasteiger partial charge in [0.15, 0.2) is 0 Å². The molecule has 0 unspecified atom stereocenters. The van der Waals surface area contributed by atoms with Gasteiger partial charge in [0, 0.05) is 0 Å². The molecule has 51 valence electrons. The van der Waals surface area contributed by atoms with E-state index in [1.807, 2.05) is 0 Å². The molecule has 0 aromatic rings. The molecule has 0 rings (SSSR count). The second kappa shape index (κ2) is 6.96. The lowest BCUT2D eigenvalue weighted by Crippen LogP contribution is -1.81. The fraction of sp³-hybridized carbons (Fsp3) is 0.857. The number of unbranched alkanes of at least 4 members (excludes halogenated alkanes) is 1. The molecule has 0 saturated heterocycles. The van der Waals surface area contributed by atoms with Gasteiger partial charge in [0.2, 0.25) is 0 Å². The van der Waals surface area contributed by atoms with Crippen LogP contribution >= 0.6 is 0 Å². The average molecular weight is 116 g/mol. The Labute approximate surface area is 53.1 Å². The van der Waals surface area contributed by atoms with Gasteiger partial charge in [-0.1, -0.05) is 33.6 Å². The van der Waals surface area contributed by atoms with Crippen LogP contribution in [0.15, 0.2) is 0 Å². The van der Waals surface area contributed by atoms with Gasteiger partial charge in [-0.25, -0.2) is 0 Å². The molecule has 0 bridgehead atoms. The Morgan fingerprint density at radius 3 is 1.88 bits per heavy atom. The molecule has 3 N–H and O–H groups in total.